The first-order valence-corrected chi connectivity index (χ1v) is 11.2. The number of ether oxygens (including phenoxy) is 1. The molecule has 0 saturated carbocycles. The highest BCUT2D eigenvalue weighted by Gasteiger charge is 2.21. The lowest BCUT2D eigenvalue weighted by Crippen LogP contribution is -2.49. The number of hydrogen-bond donors (Lipinski definition) is 1. The van der Waals surface area contributed by atoms with Crippen LogP contribution in [0.4, 0.5) is 0 Å². The number of amides is 1. The van der Waals surface area contributed by atoms with Gasteiger partial charge in [-0.15, -0.1) is 0 Å². The largest absolute Gasteiger partial charge is 0.492 e. The molecule has 3 rings (SSSR count). The van der Waals surface area contributed by atoms with Gasteiger partial charge in [0.15, 0.2) is 0 Å². The zero-order valence-corrected chi connectivity index (χ0v) is 17.4. The second-order valence-electron chi connectivity index (χ2n) is 7.25. The summed E-state index contributed by atoms with van der Waals surface area (Å²) in [6, 6.07) is 14.1. The Morgan fingerprint density at radius 3 is 2.21 bits per heavy atom. The van der Waals surface area contributed by atoms with Gasteiger partial charge in [0.1, 0.15) is 12.4 Å². The molecule has 7 nitrogen and oxygen atoms in total. The van der Waals surface area contributed by atoms with Crippen LogP contribution in [0.1, 0.15) is 11.1 Å². The van der Waals surface area contributed by atoms with Crippen molar-refractivity contribution in [1.82, 2.24) is 9.80 Å². The summed E-state index contributed by atoms with van der Waals surface area (Å²) in [5.41, 5.74) is 2.24. The molecule has 2 aromatic rings. The van der Waals surface area contributed by atoms with Crippen LogP contribution in [-0.2, 0) is 21.2 Å². The van der Waals surface area contributed by atoms with E-state index in [2.05, 4.69) is 4.90 Å². The fourth-order valence-electron chi connectivity index (χ4n) is 3.23. The van der Waals surface area contributed by atoms with Crippen molar-refractivity contribution in [2.75, 3.05) is 39.3 Å². The predicted octanol–water partition coefficient (Wildman–Crippen LogP) is 1.41. The molecule has 0 radical (unpaired) electrons. The normalized spacial score (nSPS) is 15.3. The third-order valence-corrected chi connectivity index (χ3v) is 5.96. The standard InChI is InChI=1S/C21H27N3O4S/c1-17-2-4-18(5-3-17)16-21(25)24-12-10-23(11-13-24)14-15-28-19-6-8-20(9-7-19)29(22,26)27/h2-9H,10-16H2,1H3,(H2,22,26,27). The molecule has 2 aromatic carbocycles. The van der Waals surface area contributed by atoms with Gasteiger partial charge in [-0.2, -0.15) is 0 Å². The summed E-state index contributed by atoms with van der Waals surface area (Å²) in [6.45, 7) is 6.33. The predicted molar refractivity (Wildman–Crippen MR) is 111 cm³/mol. The Morgan fingerprint density at radius 1 is 1.00 bits per heavy atom. The third-order valence-electron chi connectivity index (χ3n) is 5.03. The van der Waals surface area contributed by atoms with E-state index in [9.17, 15) is 13.2 Å². The van der Waals surface area contributed by atoms with Crippen LogP contribution < -0.4 is 9.88 Å². The lowest BCUT2D eigenvalue weighted by molar-refractivity contribution is -0.132. The molecule has 1 heterocycles. The van der Waals surface area contributed by atoms with E-state index in [0.29, 0.717) is 31.9 Å². The quantitative estimate of drug-likeness (QED) is 0.735. The number of sulfonamides is 1. The molecule has 8 heteroatoms. The number of carbonyl (C=O) groups is 1. The van der Waals surface area contributed by atoms with E-state index < -0.39 is 10.0 Å². The summed E-state index contributed by atoms with van der Waals surface area (Å²) >= 11 is 0. The van der Waals surface area contributed by atoms with E-state index >= 15 is 0 Å². The molecule has 2 N–H and O–H groups in total. The van der Waals surface area contributed by atoms with Gasteiger partial charge in [0.25, 0.3) is 0 Å². The van der Waals surface area contributed by atoms with Crippen molar-refractivity contribution in [3.05, 3.63) is 59.7 Å². The smallest absolute Gasteiger partial charge is 0.238 e. The highest BCUT2D eigenvalue weighted by molar-refractivity contribution is 7.89. The molecule has 0 atom stereocenters. The Balaban J connectivity index is 1.38. The van der Waals surface area contributed by atoms with Gasteiger partial charge in [-0.1, -0.05) is 29.8 Å². The molecule has 0 unspecified atom stereocenters. The van der Waals surface area contributed by atoms with Crippen LogP contribution in [0, 0.1) is 6.92 Å². The Bertz CT molecular complexity index is 919. The lowest BCUT2D eigenvalue weighted by Gasteiger charge is -2.34. The molecular weight excluding hydrogens is 390 g/mol. The highest BCUT2D eigenvalue weighted by Crippen LogP contribution is 2.15. The Labute approximate surface area is 172 Å². The van der Waals surface area contributed by atoms with E-state index in [1.165, 1.54) is 17.7 Å². The molecule has 1 aliphatic rings. The third kappa shape index (κ3) is 6.28. The Kier molecular flexibility index (Phi) is 6.89. The molecule has 0 aliphatic carbocycles. The number of aryl methyl sites for hydroxylation is 1. The van der Waals surface area contributed by atoms with Crippen LogP contribution in [0.2, 0.25) is 0 Å². The Hall–Kier alpha value is -2.42. The number of hydrogen-bond acceptors (Lipinski definition) is 5. The first-order chi connectivity index (χ1) is 13.8. The average Bonchev–Trinajstić information content (AvgIpc) is 2.70. The summed E-state index contributed by atoms with van der Waals surface area (Å²) in [5, 5.41) is 5.08. The molecule has 156 valence electrons. The number of benzene rings is 2. The first kappa shape index (κ1) is 21.3. The molecule has 1 fully saturated rings. The number of primary sulfonamides is 1. The molecule has 0 aromatic heterocycles. The average molecular weight is 418 g/mol. The van der Waals surface area contributed by atoms with Gasteiger partial charge < -0.3 is 9.64 Å². The number of piperazine rings is 1. The van der Waals surface area contributed by atoms with Crippen LogP contribution in [0.15, 0.2) is 53.4 Å². The Morgan fingerprint density at radius 2 is 1.62 bits per heavy atom. The van der Waals surface area contributed by atoms with Gasteiger partial charge >= 0.3 is 0 Å². The number of rotatable bonds is 7. The van der Waals surface area contributed by atoms with Crippen LogP contribution >= 0.6 is 0 Å². The lowest BCUT2D eigenvalue weighted by atomic mass is 10.1. The van der Waals surface area contributed by atoms with Crippen LogP contribution in [0.5, 0.6) is 5.75 Å². The molecule has 29 heavy (non-hydrogen) atoms. The van der Waals surface area contributed by atoms with Crippen molar-refractivity contribution in [3.8, 4) is 5.75 Å². The van der Waals surface area contributed by atoms with Gasteiger partial charge in [-0.05, 0) is 36.8 Å². The summed E-state index contributed by atoms with van der Waals surface area (Å²) in [4.78, 5) is 16.7. The summed E-state index contributed by atoms with van der Waals surface area (Å²) in [5.74, 6) is 0.768. The zero-order chi connectivity index (χ0) is 20.9. The fraction of sp³-hybridized carbons (Fsp3) is 0.381. The fourth-order valence-corrected chi connectivity index (χ4v) is 3.75. The summed E-state index contributed by atoms with van der Waals surface area (Å²) in [7, 11) is -3.69. The highest BCUT2D eigenvalue weighted by atomic mass is 32.2. The van der Waals surface area contributed by atoms with Crippen molar-refractivity contribution < 1.29 is 17.9 Å². The van der Waals surface area contributed by atoms with Crippen molar-refractivity contribution >= 4 is 15.9 Å². The maximum absolute atomic E-state index is 12.5. The summed E-state index contributed by atoms with van der Waals surface area (Å²) in [6.07, 6.45) is 0.442. The maximum Gasteiger partial charge on any atom is 0.238 e. The maximum atomic E-state index is 12.5. The zero-order valence-electron chi connectivity index (χ0n) is 16.6. The van der Waals surface area contributed by atoms with Crippen molar-refractivity contribution in [1.29, 1.82) is 0 Å². The van der Waals surface area contributed by atoms with Gasteiger partial charge in [0, 0.05) is 32.7 Å². The molecular formula is C21H27N3O4S. The molecule has 1 amide bonds. The minimum Gasteiger partial charge on any atom is -0.492 e. The van der Waals surface area contributed by atoms with Gasteiger partial charge in [0.05, 0.1) is 11.3 Å². The second-order valence-corrected chi connectivity index (χ2v) is 8.81. The second kappa shape index (κ2) is 9.39. The van der Waals surface area contributed by atoms with Crippen LogP contribution in [0.3, 0.4) is 0 Å². The van der Waals surface area contributed by atoms with E-state index in [4.69, 9.17) is 9.88 Å². The molecule has 1 aliphatic heterocycles. The van der Waals surface area contributed by atoms with Gasteiger partial charge in [0.2, 0.25) is 15.9 Å². The van der Waals surface area contributed by atoms with Crippen LogP contribution in [-0.4, -0.2) is 63.5 Å². The SMILES string of the molecule is Cc1ccc(CC(=O)N2CCN(CCOc3ccc(S(N)(=O)=O)cc3)CC2)cc1. The van der Waals surface area contributed by atoms with Crippen molar-refractivity contribution in [2.24, 2.45) is 5.14 Å². The monoisotopic (exact) mass is 417 g/mol. The summed E-state index contributed by atoms with van der Waals surface area (Å²) < 4.78 is 28.2. The number of nitrogens with zero attached hydrogens (tertiary/aromatic N) is 2. The molecule has 0 spiro atoms. The molecule has 1 saturated heterocycles. The van der Waals surface area contributed by atoms with E-state index in [1.54, 1.807) is 12.1 Å². The number of nitrogens with two attached hydrogens (primary N) is 1. The van der Waals surface area contributed by atoms with E-state index in [-0.39, 0.29) is 10.8 Å². The van der Waals surface area contributed by atoms with Crippen LogP contribution in [0.25, 0.3) is 0 Å². The molecule has 0 bridgehead atoms. The van der Waals surface area contributed by atoms with Gasteiger partial charge in [-0.3, -0.25) is 9.69 Å². The topological polar surface area (TPSA) is 92.9 Å². The number of carbonyl (C=O) groups excluding carboxylic acids is 1. The van der Waals surface area contributed by atoms with Crippen molar-refractivity contribution in [3.63, 3.8) is 0 Å². The van der Waals surface area contributed by atoms with Crippen molar-refractivity contribution in [2.45, 2.75) is 18.2 Å². The van der Waals surface area contributed by atoms with Gasteiger partial charge in [-0.25, -0.2) is 13.6 Å². The minimum absolute atomic E-state index is 0.0660. The minimum atomic E-state index is -3.69. The van der Waals surface area contributed by atoms with E-state index in [0.717, 1.165) is 25.2 Å². The van der Waals surface area contributed by atoms with E-state index in [1.807, 2.05) is 36.1 Å². The first-order valence-electron chi connectivity index (χ1n) is 9.62.